The average molecular weight is 300 g/mol. The molecule has 3 rings (SSSR count). The van der Waals surface area contributed by atoms with Gasteiger partial charge in [0.15, 0.2) is 0 Å². The highest BCUT2D eigenvalue weighted by atomic mass is 16.5. The quantitative estimate of drug-likeness (QED) is 0.793. The molecule has 5 nitrogen and oxygen atoms in total. The molecule has 2 aromatic carbocycles. The molecule has 0 aliphatic heterocycles. The summed E-state index contributed by atoms with van der Waals surface area (Å²) in [5.41, 5.74) is 1.35. The van der Waals surface area contributed by atoms with E-state index < -0.39 is 0 Å². The van der Waals surface area contributed by atoms with Crippen molar-refractivity contribution in [3.05, 3.63) is 36.4 Å². The standard InChI is InChI=1S/C17H16O5/c1-19-11-4-10(5-12(6-11)20-2)16-9-14-15(18)7-13(21-3)8-17(14)22-16/h4-9,18H,1-3H3. The van der Waals surface area contributed by atoms with Crippen LogP contribution in [0.1, 0.15) is 0 Å². The second-order valence-corrected chi connectivity index (χ2v) is 4.77. The van der Waals surface area contributed by atoms with E-state index in [2.05, 4.69) is 0 Å². The highest BCUT2D eigenvalue weighted by Crippen LogP contribution is 2.38. The highest BCUT2D eigenvalue weighted by molar-refractivity contribution is 5.89. The second-order valence-electron chi connectivity index (χ2n) is 4.77. The molecule has 1 heterocycles. The smallest absolute Gasteiger partial charge is 0.142 e. The number of ether oxygens (including phenoxy) is 3. The van der Waals surface area contributed by atoms with Crippen LogP contribution in [-0.4, -0.2) is 26.4 Å². The zero-order valence-electron chi connectivity index (χ0n) is 12.5. The molecule has 0 aliphatic carbocycles. The first kappa shape index (κ1) is 14.1. The van der Waals surface area contributed by atoms with Crippen molar-refractivity contribution in [2.75, 3.05) is 21.3 Å². The summed E-state index contributed by atoms with van der Waals surface area (Å²) in [4.78, 5) is 0. The van der Waals surface area contributed by atoms with E-state index in [0.29, 0.717) is 34.0 Å². The minimum Gasteiger partial charge on any atom is -0.507 e. The normalized spacial score (nSPS) is 10.7. The van der Waals surface area contributed by atoms with Crippen LogP contribution in [0.4, 0.5) is 0 Å². The summed E-state index contributed by atoms with van der Waals surface area (Å²) in [6.45, 7) is 0. The number of benzene rings is 2. The molecule has 3 aromatic rings. The van der Waals surface area contributed by atoms with E-state index in [4.69, 9.17) is 18.6 Å². The Morgan fingerprint density at radius 2 is 1.36 bits per heavy atom. The average Bonchev–Trinajstić information content (AvgIpc) is 2.98. The summed E-state index contributed by atoms with van der Waals surface area (Å²) in [5.74, 6) is 2.58. The van der Waals surface area contributed by atoms with Gasteiger partial charge in [0.05, 0.1) is 26.7 Å². The van der Waals surface area contributed by atoms with Crippen LogP contribution in [0.2, 0.25) is 0 Å². The molecule has 0 spiro atoms. The van der Waals surface area contributed by atoms with Gasteiger partial charge in [-0.1, -0.05) is 0 Å². The molecule has 0 fully saturated rings. The minimum absolute atomic E-state index is 0.110. The molecular formula is C17H16O5. The summed E-state index contributed by atoms with van der Waals surface area (Å²) in [7, 11) is 4.72. The van der Waals surface area contributed by atoms with Gasteiger partial charge in [-0.15, -0.1) is 0 Å². The molecule has 0 bridgehead atoms. The van der Waals surface area contributed by atoms with Crippen molar-refractivity contribution in [1.29, 1.82) is 0 Å². The van der Waals surface area contributed by atoms with Crippen molar-refractivity contribution < 1.29 is 23.7 Å². The number of phenols is 1. The molecule has 0 radical (unpaired) electrons. The fourth-order valence-electron chi connectivity index (χ4n) is 2.31. The van der Waals surface area contributed by atoms with E-state index >= 15 is 0 Å². The summed E-state index contributed by atoms with van der Waals surface area (Å²) in [5, 5.41) is 10.7. The summed E-state index contributed by atoms with van der Waals surface area (Å²) < 4.78 is 21.5. The maximum absolute atomic E-state index is 10.1. The van der Waals surface area contributed by atoms with Crippen LogP contribution < -0.4 is 14.2 Å². The van der Waals surface area contributed by atoms with Crippen molar-refractivity contribution >= 4 is 11.0 Å². The molecule has 0 amide bonds. The molecule has 1 aromatic heterocycles. The van der Waals surface area contributed by atoms with Crippen LogP contribution in [0.5, 0.6) is 23.0 Å². The van der Waals surface area contributed by atoms with Crippen molar-refractivity contribution in [3.63, 3.8) is 0 Å². The van der Waals surface area contributed by atoms with E-state index in [1.165, 1.54) is 7.11 Å². The molecule has 1 N–H and O–H groups in total. The SMILES string of the molecule is COc1cc(OC)cc(-c2cc3c(O)cc(OC)cc3o2)c1. The van der Waals surface area contributed by atoms with E-state index in [9.17, 15) is 5.11 Å². The van der Waals surface area contributed by atoms with Crippen molar-refractivity contribution in [2.45, 2.75) is 0 Å². The number of rotatable bonds is 4. The number of furan rings is 1. The van der Waals surface area contributed by atoms with Gasteiger partial charge in [0.2, 0.25) is 0 Å². The summed E-state index contributed by atoms with van der Waals surface area (Å²) in [6, 6.07) is 10.5. The van der Waals surface area contributed by atoms with Gasteiger partial charge in [-0.25, -0.2) is 0 Å². The Morgan fingerprint density at radius 1 is 0.773 bits per heavy atom. The lowest BCUT2D eigenvalue weighted by atomic mass is 10.1. The number of hydrogen-bond donors (Lipinski definition) is 1. The molecule has 0 saturated heterocycles. The van der Waals surface area contributed by atoms with Crippen molar-refractivity contribution in [1.82, 2.24) is 0 Å². The topological polar surface area (TPSA) is 61.1 Å². The van der Waals surface area contributed by atoms with Crippen LogP contribution in [0.3, 0.4) is 0 Å². The monoisotopic (exact) mass is 300 g/mol. The van der Waals surface area contributed by atoms with Crippen LogP contribution >= 0.6 is 0 Å². The van der Waals surface area contributed by atoms with Crippen LogP contribution in [0.15, 0.2) is 40.8 Å². The summed E-state index contributed by atoms with van der Waals surface area (Å²) in [6.07, 6.45) is 0. The predicted molar refractivity (Wildman–Crippen MR) is 83.0 cm³/mol. The fourth-order valence-corrected chi connectivity index (χ4v) is 2.31. The lowest BCUT2D eigenvalue weighted by Crippen LogP contribution is -1.88. The van der Waals surface area contributed by atoms with Gasteiger partial charge in [0.25, 0.3) is 0 Å². The number of fused-ring (bicyclic) bond motifs is 1. The lowest BCUT2D eigenvalue weighted by molar-refractivity contribution is 0.394. The van der Waals surface area contributed by atoms with Gasteiger partial charge >= 0.3 is 0 Å². The fraction of sp³-hybridized carbons (Fsp3) is 0.176. The van der Waals surface area contributed by atoms with Gasteiger partial charge in [-0.3, -0.25) is 0 Å². The van der Waals surface area contributed by atoms with E-state index in [-0.39, 0.29) is 5.75 Å². The van der Waals surface area contributed by atoms with Crippen LogP contribution in [0, 0.1) is 0 Å². The number of phenolic OH excluding ortho intramolecular Hbond substituents is 1. The number of methoxy groups -OCH3 is 3. The van der Waals surface area contributed by atoms with Gasteiger partial charge in [-0.05, 0) is 18.2 Å². The maximum atomic E-state index is 10.1. The maximum Gasteiger partial charge on any atom is 0.142 e. The zero-order chi connectivity index (χ0) is 15.7. The first-order valence-electron chi connectivity index (χ1n) is 6.68. The molecule has 0 saturated carbocycles. The molecule has 0 unspecified atom stereocenters. The molecule has 5 heteroatoms. The summed E-state index contributed by atoms with van der Waals surface area (Å²) >= 11 is 0. The Morgan fingerprint density at radius 3 is 1.95 bits per heavy atom. The molecular weight excluding hydrogens is 284 g/mol. The van der Waals surface area contributed by atoms with Crippen molar-refractivity contribution in [2.24, 2.45) is 0 Å². The number of aromatic hydroxyl groups is 1. The van der Waals surface area contributed by atoms with Crippen LogP contribution in [-0.2, 0) is 0 Å². The van der Waals surface area contributed by atoms with Gasteiger partial charge < -0.3 is 23.7 Å². The predicted octanol–water partition coefficient (Wildman–Crippen LogP) is 3.83. The highest BCUT2D eigenvalue weighted by Gasteiger charge is 2.13. The Balaban J connectivity index is 2.16. The molecule has 22 heavy (non-hydrogen) atoms. The largest absolute Gasteiger partial charge is 0.507 e. The minimum atomic E-state index is 0.110. The number of hydrogen-bond acceptors (Lipinski definition) is 5. The van der Waals surface area contributed by atoms with Crippen LogP contribution in [0.25, 0.3) is 22.3 Å². The van der Waals surface area contributed by atoms with Crippen molar-refractivity contribution in [3.8, 4) is 34.3 Å². The molecule has 0 atom stereocenters. The Labute approximate surface area is 127 Å². The Bertz CT molecular complexity index is 797. The lowest BCUT2D eigenvalue weighted by Gasteiger charge is -2.06. The van der Waals surface area contributed by atoms with E-state index in [1.807, 2.05) is 12.1 Å². The van der Waals surface area contributed by atoms with Gasteiger partial charge in [-0.2, -0.15) is 0 Å². The van der Waals surface area contributed by atoms with Gasteiger partial charge in [0, 0.05) is 23.8 Å². The Kier molecular flexibility index (Phi) is 3.55. The first-order valence-corrected chi connectivity index (χ1v) is 6.68. The molecule has 0 aliphatic rings. The third-order valence-corrected chi connectivity index (χ3v) is 3.46. The Hall–Kier alpha value is -2.82. The molecule has 114 valence electrons. The second kappa shape index (κ2) is 5.52. The zero-order valence-corrected chi connectivity index (χ0v) is 12.5. The van der Waals surface area contributed by atoms with Gasteiger partial charge in [0.1, 0.15) is 34.3 Å². The third kappa shape index (κ3) is 2.41. The third-order valence-electron chi connectivity index (χ3n) is 3.46. The van der Waals surface area contributed by atoms with E-state index in [1.54, 1.807) is 38.5 Å². The van der Waals surface area contributed by atoms with E-state index in [0.717, 1.165) is 5.56 Å². The first-order chi connectivity index (χ1) is 10.6.